The van der Waals surface area contributed by atoms with E-state index < -0.39 is 11.9 Å². The Hall–Kier alpha value is -3.12. The minimum Gasteiger partial charge on any atom is -0.457 e. The zero-order valence-corrected chi connectivity index (χ0v) is 16.5. The third kappa shape index (κ3) is 6.25. The second-order valence-electron chi connectivity index (χ2n) is 5.95. The van der Waals surface area contributed by atoms with E-state index in [9.17, 15) is 9.59 Å². The summed E-state index contributed by atoms with van der Waals surface area (Å²) < 4.78 is 11.7. The number of nitrogens with one attached hydrogen (secondary N) is 1. The maximum atomic E-state index is 12.0. The lowest BCUT2D eigenvalue weighted by Crippen LogP contribution is -2.21. The number of carbonyl (C=O) groups is 2. The topological polar surface area (TPSA) is 64.6 Å². The van der Waals surface area contributed by atoms with Gasteiger partial charge in [-0.15, -0.1) is 0 Å². The van der Waals surface area contributed by atoms with Gasteiger partial charge in [-0.2, -0.15) is 0 Å². The first kappa shape index (κ1) is 19.6. The summed E-state index contributed by atoms with van der Waals surface area (Å²) in [6, 6.07) is 23.7. The Morgan fingerprint density at radius 3 is 2.14 bits per heavy atom. The number of para-hydroxylation sites is 1. The Balaban J connectivity index is 1.44. The molecule has 0 heterocycles. The van der Waals surface area contributed by atoms with Crippen molar-refractivity contribution in [3.63, 3.8) is 0 Å². The van der Waals surface area contributed by atoms with E-state index in [4.69, 9.17) is 9.47 Å². The predicted octanol–water partition coefficient (Wildman–Crippen LogP) is 4.97. The van der Waals surface area contributed by atoms with Crippen LogP contribution in [0, 0.1) is 0 Å². The van der Waals surface area contributed by atoms with Crippen molar-refractivity contribution < 1.29 is 19.1 Å². The molecule has 0 bridgehead atoms. The van der Waals surface area contributed by atoms with Crippen LogP contribution in [0.15, 0.2) is 83.3 Å². The molecule has 0 aliphatic rings. The highest BCUT2D eigenvalue weighted by Crippen LogP contribution is 2.22. The Bertz CT molecular complexity index is 925. The first-order valence-corrected chi connectivity index (χ1v) is 9.41. The highest BCUT2D eigenvalue weighted by atomic mass is 79.9. The van der Waals surface area contributed by atoms with E-state index in [0.717, 1.165) is 15.8 Å². The van der Waals surface area contributed by atoms with Crippen molar-refractivity contribution in [3.05, 3.63) is 88.9 Å². The van der Waals surface area contributed by atoms with Crippen molar-refractivity contribution in [3.8, 4) is 11.5 Å². The van der Waals surface area contributed by atoms with E-state index in [-0.39, 0.29) is 13.0 Å². The zero-order valence-electron chi connectivity index (χ0n) is 14.9. The molecule has 0 aliphatic carbocycles. The van der Waals surface area contributed by atoms with Gasteiger partial charge in [-0.05, 0) is 54.1 Å². The number of carbonyl (C=O) groups excluding carboxylic acids is 2. The fourth-order valence-corrected chi connectivity index (χ4v) is 2.66. The molecule has 3 aromatic carbocycles. The monoisotopic (exact) mass is 439 g/mol. The zero-order chi connectivity index (χ0) is 19.8. The van der Waals surface area contributed by atoms with Gasteiger partial charge in [0.15, 0.2) is 6.61 Å². The molecule has 5 nitrogen and oxygen atoms in total. The van der Waals surface area contributed by atoms with Crippen LogP contribution in [-0.4, -0.2) is 18.5 Å². The molecule has 0 unspecified atom stereocenters. The van der Waals surface area contributed by atoms with Crippen LogP contribution >= 0.6 is 15.9 Å². The van der Waals surface area contributed by atoms with Gasteiger partial charge in [0.1, 0.15) is 11.5 Å². The fraction of sp³-hybridized carbons (Fsp3) is 0.0909. The standard InChI is InChI=1S/C22H18BrNO4/c23-17-8-6-16(7-9-17)14-22(26)27-15-21(25)24-18-10-12-20(13-11-18)28-19-4-2-1-3-5-19/h1-13H,14-15H2,(H,24,25). The van der Waals surface area contributed by atoms with Gasteiger partial charge in [-0.25, -0.2) is 0 Å². The molecule has 1 N–H and O–H groups in total. The third-order valence-electron chi connectivity index (χ3n) is 3.74. The normalized spacial score (nSPS) is 10.2. The van der Waals surface area contributed by atoms with E-state index in [1.54, 1.807) is 24.3 Å². The minimum atomic E-state index is -0.455. The Kier molecular flexibility index (Phi) is 6.81. The molecule has 0 aromatic heterocycles. The Morgan fingerprint density at radius 1 is 0.821 bits per heavy atom. The van der Waals surface area contributed by atoms with Crippen molar-refractivity contribution in [1.29, 1.82) is 0 Å². The molecule has 0 saturated heterocycles. The molecule has 3 aromatic rings. The molecule has 0 atom stereocenters. The fourth-order valence-electron chi connectivity index (χ4n) is 2.39. The molecular weight excluding hydrogens is 422 g/mol. The number of esters is 1. The highest BCUT2D eigenvalue weighted by molar-refractivity contribution is 9.10. The van der Waals surface area contributed by atoms with Gasteiger partial charge < -0.3 is 14.8 Å². The number of hydrogen-bond acceptors (Lipinski definition) is 4. The van der Waals surface area contributed by atoms with Gasteiger partial charge in [-0.1, -0.05) is 46.3 Å². The number of ether oxygens (including phenoxy) is 2. The van der Waals surface area contributed by atoms with Gasteiger partial charge in [-0.3, -0.25) is 9.59 Å². The summed E-state index contributed by atoms with van der Waals surface area (Å²) >= 11 is 3.34. The van der Waals surface area contributed by atoms with Crippen molar-refractivity contribution in [2.24, 2.45) is 0 Å². The van der Waals surface area contributed by atoms with Crippen LogP contribution in [0.1, 0.15) is 5.56 Å². The molecule has 0 radical (unpaired) electrons. The van der Waals surface area contributed by atoms with Crippen LogP contribution in [0.25, 0.3) is 0 Å². The number of rotatable bonds is 7. The average molecular weight is 440 g/mol. The van der Waals surface area contributed by atoms with E-state index in [1.807, 2.05) is 54.6 Å². The summed E-state index contributed by atoms with van der Waals surface area (Å²) in [6.45, 7) is -0.336. The lowest BCUT2D eigenvalue weighted by molar-refractivity contribution is -0.146. The van der Waals surface area contributed by atoms with Crippen LogP contribution in [0.2, 0.25) is 0 Å². The number of amides is 1. The second kappa shape index (κ2) is 9.71. The predicted molar refractivity (Wildman–Crippen MR) is 110 cm³/mol. The van der Waals surface area contributed by atoms with Crippen LogP contribution in [0.5, 0.6) is 11.5 Å². The number of hydrogen-bond donors (Lipinski definition) is 1. The lowest BCUT2D eigenvalue weighted by Gasteiger charge is -2.09. The van der Waals surface area contributed by atoms with E-state index in [2.05, 4.69) is 21.2 Å². The Labute approximate surface area is 171 Å². The number of anilines is 1. The van der Waals surface area contributed by atoms with E-state index >= 15 is 0 Å². The molecule has 3 rings (SSSR count). The van der Waals surface area contributed by atoms with Crippen LogP contribution in [0.3, 0.4) is 0 Å². The summed E-state index contributed by atoms with van der Waals surface area (Å²) in [5, 5.41) is 2.68. The van der Waals surface area contributed by atoms with E-state index in [0.29, 0.717) is 11.4 Å². The van der Waals surface area contributed by atoms with Crippen molar-refractivity contribution in [1.82, 2.24) is 0 Å². The van der Waals surface area contributed by atoms with Crippen molar-refractivity contribution >= 4 is 33.5 Å². The molecule has 0 aliphatic heterocycles. The lowest BCUT2D eigenvalue weighted by atomic mass is 10.2. The Morgan fingerprint density at radius 2 is 1.46 bits per heavy atom. The summed E-state index contributed by atoms with van der Waals surface area (Å²) in [7, 11) is 0. The molecule has 0 spiro atoms. The minimum absolute atomic E-state index is 0.117. The first-order valence-electron chi connectivity index (χ1n) is 8.61. The van der Waals surface area contributed by atoms with Gasteiger partial charge in [0.25, 0.3) is 5.91 Å². The smallest absolute Gasteiger partial charge is 0.310 e. The van der Waals surface area contributed by atoms with Gasteiger partial charge in [0.05, 0.1) is 6.42 Å². The third-order valence-corrected chi connectivity index (χ3v) is 4.27. The molecule has 0 saturated carbocycles. The van der Waals surface area contributed by atoms with Gasteiger partial charge in [0, 0.05) is 10.2 Å². The molecule has 6 heteroatoms. The van der Waals surface area contributed by atoms with Gasteiger partial charge >= 0.3 is 5.97 Å². The summed E-state index contributed by atoms with van der Waals surface area (Å²) in [6.07, 6.45) is 0.117. The quantitative estimate of drug-likeness (QED) is 0.528. The summed E-state index contributed by atoms with van der Waals surface area (Å²) in [5.74, 6) is 0.534. The second-order valence-corrected chi connectivity index (χ2v) is 6.87. The SMILES string of the molecule is O=C(COC(=O)Cc1ccc(Br)cc1)Nc1ccc(Oc2ccccc2)cc1. The van der Waals surface area contributed by atoms with E-state index in [1.165, 1.54) is 0 Å². The molecule has 0 fully saturated rings. The van der Waals surface area contributed by atoms with Crippen LogP contribution in [-0.2, 0) is 20.7 Å². The summed E-state index contributed by atoms with van der Waals surface area (Å²) in [5.41, 5.74) is 1.41. The van der Waals surface area contributed by atoms with Crippen LogP contribution in [0.4, 0.5) is 5.69 Å². The number of halogens is 1. The molecule has 1 amide bonds. The maximum absolute atomic E-state index is 12.0. The first-order chi connectivity index (χ1) is 13.6. The maximum Gasteiger partial charge on any atom is 0.310 e. The molecule has 28 heavy (non-hydrogen) atoms. The molecule has 142 valence electrons. The van der Waals surface area contributed by atoms with Crippen molar-refractivity contribution in [2.75, 3.05) is 11.9 Å². The average Bonchev–Trinajstić information content (AvgIpc) is 2.70. The highest BCUT2D eigenvalue weighted by Gasteiger charge is 2.09. The number of benzene rings is 3. The van der Waals surface area contributed by atoms with Gasteiger partial charge in [0.2, 0.25) is 0 Å². The summed E-state index contributed by atoms with van der Waals surface area (Å²) in [4.78, 5) is 23.8. The van der Waals surface area contributed by atoms with Crippen molar-refractivity contribution in [2.45, 2.75) is 6.42 Å². The van der Waals surface area contributed by atoms with Crippen LogP contribution < -0.4 is 10.1 Å². The largest absolute Gasteiger partial charge is 0.457 e. The molecular formula is C22H18BrNO4.